The fraction of sp³-hybridized carbons (Fsp3) is 0.0625. The molecule has 0 unspecified atom stereocenters. The Morgan fingerprint density at radius 3 is 2.52 bits per heavy atom. The Morgan fingerprint density at radius 1 is 1.14 bits per heavy atom. The highest BCUT2D eigenvalue weighted by molar-refractivity contribution is 6.31. The van der Waals surface area contributed by atoms with Gasteiger partial charge in [-0.3, -0.25) is 4.57 Å². The van der Waals surface area contributed by atoms with Crippen LogP contribution in [0.5, 0.6) is 0 Å². The van der Waals surface area contributed by atoms with Gasteiger partial charge in [0.05, 0.1) is 11.4 Å². The number of rotatable bonds is 2. The Hall–Kier alpha value is -2.33. The van der Waals surface area contributed by atoms with E-state index in [-0.39, 0.29) is 11.5 Å². The summed E-state index contributed by atoms with van der Waals surface area (Å²) >= 11 is 6.09. The second-order valence-corrected chi connectivity index (χ2v) is 5.19. The summed E-state index contributed by atoms with van der Waals surface area (Å²) in [6.07, 6.45) is 1.68. The lowest BCUT2D eigenvalue weighted by Crippen LogP contribution is -2.13. The Kier molecular flexibility index (Phi) is 3.39. The van der Waals surface area contributed by atoms with E-state index in [0.717, 1.165) is 11.1 Å². The molecular weight excluding hydrogens is 291 g/mol. The molecule has 1 N–H and O–H groups in total. The zero-order valence-electron chi connectivity index (χ0n) is 11.2. The largest absolute Gasteiger partial charge is 0.330 e. The lowest BCUT2D eigenvalue weighted by molar-refractivity contribution is 0.628. The van der Waals surface area contributed by atoms with E-state index in [1.807, 2.05) is 19.1 Å². The molecule has 0 radical (unpaired) electrons. The number of aromatic nitrogens is 2. The van der Waals surface area contributed by atoms with Gasteiger partial charge in [0.2, 0.25) is 0 Å². The second kappa shape index (κ2) is 5.22. The van der Waals surface area contributed by atoms with E-state index in [9.17, 15) is 9.18 Å². The molecule has 0 aliphatic carbocycles. The molecule has 1 heterocycles. The number of halogens is 2. The van der Waals surface area contributed by atoms with Crippen LogP contribution in [0.25, 0.3) is 16.9 Å². The molecular formula is C16H12ClFN2O. The highest BCUT2D eigenvalue weighted by Gasteiger charge is 2.08. The van der Waals surface area contributed by atoms with Crippen LogP contribution >= 0.6 is 11.6 Å². The summed E-state index contributed by atoms with van der Waals surface area (Å²) in [6.45, 7) is 1.90. The molecule has 0 amide bonds. The summed E-state index contributed by atoms with van der Waals surface area (Å²) in [5.41, 5.74) is 2.72. The Morgan fingerprint density at radius 2 is 1.86 bits per heavy atom. The quantitative estimate of drug-likeness (QED) is 0.765. The van der Waals surface area contributed by atoms with Gasteiger partial charge in [0.15, 0.2) is 0 Å². The van der Waals surface area contributed by atoms with E-state index in [4.69, 9.17) is 11.6 Å². The van der Waals surface area contributed by atoms with Gasteiger partial charge in [-0.2, -0.15) is 0 Å². The van der Waals surface area contributed by atoms with Gasteiger partial charge >= 0.3 is 5.69 Å². The number of imidazole rings is 1. The van der Waals surface area contributed by atoms with Crippen molar-refractivity contribution < 1.29 is 4.39 Å². The number of hydrogen-bond acceptors (Lipinski definition) is 1. The van der Waals surface area contributed by atoms with Crippen LogP contribution in [0, 0.1) is 12.7 Å². The minimum absolute atomic E-state index is 0.269. The van der Waals surface area contributed by atoms with E-state index >= 15 is 0 Å². The predicted molar refractivity (Wildman–Crippen MR) is 81.5 cm³/mol. The molecule has 3 nitrogen and oxygen atoms in total. The van der Waals surface area contributed by atoms with Crippen molar-refractivity contribution in [1.82, 2.24) is 9.55 Å². The summed E-state index contributed by atoms with van der Waals surface area (Å²) in [7, 11) is 0. The number of nitrogens with zero attached hydrogens (tertiary/aromatic N) is 1. The molecule has 106 valence electrons. The maximum Gasteiger partial charge on any atom is 0.330 e. The highest BCUT2D eigenvalue weighted by Crippen LogP contribution is 2.21. The average Bonchev–Trinajstić information content (AvgIpc) is 2.85. The molecule has 0 aliphatic heterocycles. The van der Waals surface area contributed by atoms with Gasteiger partial charge < -0.3 is 4.98 Å². The molecule has 3 aromatic rings. The molecule has 0 saturated heterocycles. The van der Waals surface area contributed by atoms with E-state index in [2.05, 4.69) is 4.98 Å². The smallest absolute Gasteiger partial charge is 0.305 e. The Bertz CT molecular complexity index is 849. The van der Waals surface area contributed by atoms with Crippen LogP contribution in [0.3, 0.4) is 0 Å². The Balaban J connectivity index is 2.07. The molecule has 0 spiro atoms. The predicted octanol–water partition coefficient (Wildman–Crippen LogP) is 3.93. The zero-order chi connectivity index (χ0) is 15.0. The summed E-state index contributed by atoms with van der Waals surface area (Å²) in [6, 6.07) is 11.4. The van der Waals surface area contributed by atoms with Crippen LogP contribution in [0.15, 0.2) is 53.5 Å². The van der Waals surface area contributed by atoms with Gasteiger partial charge in [-0.1, -0.05) is 17.7 Å². The number of aryl methyl sites for hydroxylation is 1. The number of nitrogens with one attached hydrogen (secondary N) is 1. The van der Waals surface area contributed by atoms with Gasteiger partial charge in [0.25, 0.3) is 0 Å². The van der Waals surface area contributed by atoms with Gasteiger partial charge in [0.1, 0.15) is 5.82 Å². The van der Waals surface area contributed by atoms with Crippen LogP contribution in [-0.4, -0.2) is 9.55 Å². The number of aromatic amines is 1. The van der Waals surface area contributed by atoms with E-state index in [1.165, 1.54) is 16.7 Å². The van der Waals surface area contributed by atoms with Crippen molar-refractivity contribution >= 4 is 11.6 Å². The maximum absolute atomic E-state index is 12.9. The van der Waals surface area contributed by atoms with Crippen molar-refractivity contribution in [2.75, 3.05) is 0 Å². The van der Waals surface area contributed by atoms with Crippen molar-refractivity contribution in [1.29, 1.82) is 0 Å². The van der Waals surface area contributed by atoms with Gasteiger partial charge in [0, 0.05) is 11.2 Å². The van der Waals surface area contributed by atoms with E-state index in [1.54, 1.807) is 24.4 Å². The molecule has 1 aromatic heterocycles. The van der Waals surface area contributed by atoms with Crippen molar-refractivity contribution in [3.05, 3.63) is 75.5 Å². The highest BCUT2D eigenvalue weighted by atomic mass is 35.5. The first-order valence-electron chi connectivity index (χ1n) is 6.39. The monoisotopic (exact) mass is 302 g/mol. The first-order chi connectivity index (χ1) is 10.0. The molecule has 21 heavy (non-hydrogen) atoms. The fourth-order valence-electron chi connectivity index (χ4n) is 2.09. The molecule has 3 rings (SSSR count). The number of hydrogen-bond donors (Lipinski definition) is 1. The van der Waals surface area contributed by atoms with Crippen LogP contribution < -0.4 is 5.69 Å². The Labute approximate surface area is 125 Å². The number of H-pyrrole nitrogens is 1. The maximum atomic E-state index is 12.9. The topological polar surface area (TPSA) is 37.8 Å². The molecule has 0 saturated carbocycles. The van der Waals surface area contributed by atoms with Crippen molar-refractivity contribution in [2.45, 2.75) is 6.92 Å². The first kappa shape index (κ1) is 13.6. The van der Waals surface area contributed by atoms with Crippen LogP contribution in [0.1, 0.15) is 5.56 Å². The van der Waals surface area contributed by atoms with Gasteiger partial charge in [-0.25, -0.2) is 9.18 Å². The molecule has 0 aliphatic rings. The summed E-state index contributed by atoms with van der Waals surface area (Å²) < 4.78 is 14.4. The number of benzene rings is 2. The average molecular weight is 303 g/mol. The third-order valence-corrected chi connectivity index (χ3v) is 3.71. The normalized spacial score (nSPS) is 10.8. The van der Waals surface area contributed by atoms with E-state index < -0.39 is 0 Å². The SMILES string of the molecule is Cc1ccc(-n2cc(-c3ccc(F)cc3)[nH]c2=O)cc1Cl. The van der Waals surface area contributed by atoms with Crippen molar-refractivity contribution in [3.8, 4) is 16.9 Å². The van der Waals surface area contributed by atoms with Gasteiger partial charge in [-0.15, -0.1) is 0 Å². The lowest BCUT2D eigenvalue weighted by Gasteiger charge is -2.03. The standard InChI is InChI=1S/C16H12ClFN2O/c1-10-2-7-13(8-14(10)17)20-9-15(19-16(20)21)11-3-5-12(18)6-4-11/h2-9H,1H3,(H,19,21). The third-order valence-electron chi connectivity index (χ3n) is 3.31. The summed E-state index contributed by atoms with van der Waals surface area (Å²) in [4.78, 5) is 14.8. The molecule has 0 bridgehead atoms. The summed E-state index contributed by atoms with van der Waals surface area (Å²) in [5.74, 6) is -0.314. The molecule has 0 atom stereocenters. The second-order valence-electron chi connectivity index (χ2n) is 4.78. The van der Waals surface area contributed by atoms with Crippen LogP contribution in [0.4, 0.5) is 4.39 Å². The molecule has 5 heteroatoms. The third kappa shape index (κ3) is 2.62. The van der Waals surface area contributed by atoms with Crippen LogP contribution in [-0.2, 0) is 0 Å². The van der Waals surface area contributed by atoms with Gasteiger partial charge in [-0.05, 0) is 54.4 Å². The summed E-state index contributed by atoms with van der Waals surface area (Å²) in [5, 5.41) is 0.601. The minimum atomic E-state index is -0.314. The van der Waals surface area contributed by atoms with E-state index in [0.29, 0.717) is 16.4 Å². The molecule has 2 aromatic carbocycles. The lowest BCUT2D eigenvalue weighted by atomic mass is 10.2. The van der Waals surface area contributed by atoms with Crippen molar-refractivity contribution in [3.63, 3.8) is 0 Å². The molecule has 0 fully saturated rings. The zero-order valence-corrected chi connectivity index (χ0v) is 12.0. The van der Waals surface area contributed by atoms with Crippen LogP contribution in [0.2, 0.25) is 5.02 Å². The fourth-order valence-corrected chi connectivity index (χ4v) is 2.27. The first-order valence-corrected chi connectivity index (χ1v) is 6.76. The van der Waals surface area contributed by atoms with Crippen molar-refractivity contribution in [2.24, 2.45) is 0 Å². The minimum Gasteiger partial charge on any atom is -0.305 e.